The second-order valence-electron chi connectivity index (χ2n) is 9.92. The largest absolute Gasteiger partial charge is 0.461 e. The lowest BCUT2D eigenvalue weighted by atomic mass is 9.97. The van der Waals surface area contributed by atoms with Crippen molar-refractivity contribution >= 4 is 23.7 Å². The van der Waals surface area contributed by atoms with Crippen LogP contribution in [0.25, 0.3) is 21.6 Å². The average Bonchev–Trinajstić information content (AvgIpc) is 2.88. The van der Waals surface area contributed by atoms with Crippen molar-refractivity contribution in [2.75, 3.05) is 0 Å². The number of nitrogens with one attached hydrogen (secondary N) is 1. The Hall–Kier alpha value is -4.07. The molecule has 0 saturated carbocycles. The van der Waals surface area contributed by atoms with E-state index >= 15 is 0 Å². The Labute approximate surface area is 231 Å². The Morgan fingerprint density at radius 1 is 1.05 bits per heavy atom. The van der Waals surface area contributed by atoms with Gasteiger partial charge in [-0.2, -0.15) is 0 Å². The van der Waals surface area contributed by atoms with Gasteiger partial charge in [0.15, 0.2) is 0 Å². The number of carbonyl (C=O) groups is 2. The van der Waals surface area contributed by atoms with E-state index in [1.54, 1.807) is 51.1 Å². The zero-order valence-electron chi connectivity index (χ0n) is 21.9. The molecule has 39 heavy (non-hydrogen) atoms. The van der Waals surface area contributed by atoms with E-state index in [2.05, 4.69) is 15.3 Å². The molecule has 204 valence electrons. The third kappa shape index (κ3) is 9.63. The van der Waals surface area contributed by atoms with Crippen molar-refractivity contribution in [2.45, 2.75) is 57.9 Å². The molecule has 0 aliphatic rings. The number of halogens is 2. The molecule has 3 aromatic rings. The van der Waals surface area contributed by atoms with Crippen LogP contribution >= 0.6 is 11.6 Å². The van der Waals surface area contributed by atoms with Crippen LogP contribution < -0.4 is 5.32 Å². The van der Waals surface area contributed by atoms with Crippen LogP contribution in [0, 0.1) is 5.82 Å². The standard InChI is InChI=1S/C29H30ClFN4O4/c1-29(2,3)39-28(37)33-23(17-26(34-35-32)27(36)38-18-20-7-5-4-6-8-20)15-19-9-11-21(12-10-19)24-16-22(30)13-14-25(24)31/h4-14,16,23,26H,15,17-18H2,1-3H3,(H,33,37)/t23-,26-/m1/s1. The van der Waals surface area contributed by atoms with Crippen molar-refractivity contribution in [2.24, 2.45) is 5.11 Å². The summed E-state index contributed by atoms with van der Waals surface area (Å²) < 4.78 is 25.1. The second-order valence-corrected chi connectivity index (χ2v) is 10.4. The number of esters is 1. The van der Waals surface area contributed by atoms with E-state index in [4.69, 9.17) is 26.6 Å². The molecule has 1 N–H and O–H groups in total. The monoisotopic (exact) mass is 552 g/mol. The summed E-state index contributed by atoms with van der Waals surface area (Å²) in [6.07, 6.45) is -0.426. The quantitative estimate of drug-likeness (QED) is 0.122. The van der Waals surface area contributed by atoms with Crippen LogP contribution in [0.15, 0.2) is 77.9 Å². The Bertz CT molecular complexity index is 1320. The average molecular weight is 553 g/mol. The van der Waals surface area contributed by atoms with Gasteiger partial charge in [-0.3, -0.25) is 4.79 Å². The normalized spacial score (nSPS) is 12.5. The summed E-state index contributed by atoms with van der Waals surface area (Å²) in [5.41, 5.74) is 10.9. The van der Waals surface area contributed by atoms with Gasteiger partial charge in [-0.25, -0.2) is 9.18 Å². The number of hydrogen-bond acceptors (Lipinski definition) is 5. The third-order valence-corrected chi connectivity index (χ3v) is 5.83. The number of benzene rings is 3. The first-order valence-electron chi connectivity index (χ1n) is 12.3. The number of azide groups is 1. The maximum Gasteiger partial charge on any atom is 0.407 e. The lowest BCUT2D eigenvalue weighted by molar-refractivity contribution is -0.146. The number of rotatable bonds is 10. The molecule has 0 aliphatic heterocycles. The Morgan fingerprint density at radius 3 is 2.38 bits per heavy atom. The molecule has 0 radical (unpaired) electrons. The molecule has 0 saturated heterocycles. The van der Waals surface area contributed by atoms with Crippen molar-refractivity contribution in [3.8, 4) is 11.1 Å². The summed E-state index contributed by atoms with van der Waals surface area (Å²) in [7, 11) is 0. The summed E-state index contributed by atoms with van der Waals surface area (Å²) >= 11 is 6.03. The number of carbonyl (C=O) groups excluding carboxylic acids is 2. The van der Waals surface area contributed by atoms with Gasteiger partial charge in [0.1, 0.15) is 24.1 Å². The molecular weight excluding hydrogens is 523 g/mol. The highest BCUT2D eigenvalue weighted by Gasteiger charge is 2.27. The third-order valence-electron chi connectivity index (χ3n) is 5.59. The molecule has 3 aromatic carbocycles. The van der Waals surface area contributed by atoms with Gasteiger partial charge in [0.2, 0.25) is 0 Å². The molecule has 10 heteroatoms. The lowest BCUT2D eigenvalue weighted by Gasteiger charge is -2.25. The predicted molar refractivity (Wildman–Crippen MR) is 147 cm³/mol. The summed E-state index contributed by atoms with van der Waals surface area (Å²) in [4.78, 5) is 28.2. The van der Waals surface area contributed by atoms with Gasteiger partial charge < -0.3 is 14.8 Å². The number of ether oxygens (including phenoxy) is 2. The van der Waals surface area contributed by atoms with Gasteiger partial charge in [0.05, 0.1) is 0 Å². The smallest absolute Gasteiger partial charge is 0.407 e. The summed E-state index contributed by atoms with van der Waals surface area (Å²) in [5.74, 6) is -1.11. The van der Waals surface area contributed by atoms with Crippen molar-refractivity contribution < 1.29 is 23.5 Å². The van der Waals surface area contributed by atoms with E-state index in [0.717, 1.165) is 11.1 Å². The number of alkyl carbamates (subject to hydrolysis) is 1. The van der Waals surface area contributed by atoms with Crippen LogP contribution in [0.1, 0.15) is 38.3 Å². The summed E-state index contributed by atoms with van der Waals surface area (Å²) in [6.45, 7) is 5.22. The van der Waals surface area contributed by atoms with Crippen molar-refractivity contribution in [3.05, 3.63) is 105 Å². The van der Waals surface area contributed by atoms with Crippen molar-refractivity contribution in [3.63, 3.8) is 0 Å². The van der Waals surface area contributed by atoms with E-state index in [0.29, 0.717) is 16.1 Å². The van der Waals surface area contributed by atoms with Gasteiger partial charge in [-0.15, -0.1) is 0 Å². The fraction of sp³-hybridized carbons (Fsp3) is 0.310. The molecule has 8 nitrogen and oxygen atoms in total. The molecule has 0 aromatic heterocycles. The van der Waals surface area contributed by atoms with Crippen LogP contribution in [-0.2, 0) is 27.3 Å². The van der Waals surface area contributed by atoms with Gasteiger partial charge in [0, 0.05) is 21.5 Å². The van der Waals surface area contributed by atoms with Gasteiger partial charge in [-0.1, -0.05) is 71.3 Å². The zero-order chi connectivity index (χ0) is 28.4. The van der Waals surface area contributed by atoms with E-state index in [1.807, 2.05) is 30.3 Å². The Balaban J connectivity index is 1.77. The topological polar surface area (TPSA) is 113 Å². The number of nitrogens with zero attached hydrogens (tertiary/aromatic N) is 3. The first kappa shape index (κ1) is 29.5. The fourth-order valence-electron chi connectivity index (χ4n) is 3.84. The van der Waals surface area contributed by atoms with Crippen LogP contribution in [0.5, 0.6) is 0 Å². The minimum atomic E-state index is -1.18. The van der Waals surface area contributed by atoms with Crippen LogP contribution in [-0.4, -0.2) is 29.7 Å². The van der Waals surface area contributed by atoms with E-state index in [-0.39, 0.29) is 19.4 Å². The van der Waals surface area contributed by atoms with Crippen LogP contribution in [0.2, 0.25) is 5.02 Å². The Morgan fingerprint density at radius 2 is 1.74 bits per heavy atom. The molecule has 0 heterocycles. The zero-order valence-corrected chi connectivity index (χ0v) is 22.7. The van der Waals surface area contributed by atoms with Crippen molar-refractivity contribution in [1.82, 2.24) is 5.32 Å². The molecule has 3 rings (SSSR count). The SMILES string of the molecule is CC(C)(C)OC(=O)N[C@H](Cc1ccc(-c2cc(Cl)ccc2F)cc1)C[C@@H](N=[N+]=[N-])C(=O)OCc1ccccc1. The molecule has 1 amide bonds. The van der Waals surface area contributed by atoms with Crippen LogP contribution in [0.3, 0.4) is 0 Å². The highest BCUT2D eigenvalue weighted by Crippen LogP contribution is 2.27. The molecule has 0 spiro atoms. The first-order valence-corrected chi connectivity index (χ1v) is 12.7. The van der Waals surface area contributed by atoms with E-state index in [1.165, 1.54) is 12.1 Å². The molecule has 0 fully saturated rings. The van der Waals surface area contributed by atoms with Gasteiger partial charge >= 0.3 is 12.1 Å². The molecule has 0 aliphatic carbocycles. The highest BCUT2D eigenvalue weighted by atomic mass is 35.5. The number of amides is 1. The molecular formula is C29H30ClFN4O4. The highest BCUT2D eigenvalue weighted by molar-refractivity contribution is 6.30. The summed E-state index contributed by atoms with van der Waals surface area (Å²) in [6, 6.07) is 18.7. The van der Waals surface area contributed by atoms with E-state index < -0.39 is 35.6 Å². The predicted octanol–water partition coefficient (Wildman–Crippen LogP) is 7.39. The Kier molecular flexibility index (Phi) is 10.3. The maximum atomic E-state index is 14.3. The van der Waals surface area contributed by atoms with Gasteiger partial charge in [0.25, 0.3) is 0 Å². The van der Waals surface area contributed by atoms with Crippen LogP contribution in [0.4, 0.5) is 9.18 Å². The number of hydrogen-bond donors (Lipinski definition) is 1. The summed E-state index contributed by atoms with van der Waals surface area (Å²) in [5, 5.41) is 6.82. The first-order chi connectivity index (χ1) is 18.5. The van der Waals surface area contributed by atoms with Gasteiger partial charge in [-0.05, 0) is 74.0 Å². The lowest BCUT2D eigenvalue weighted by Crippen LogP contribution is -2.43. The minimum absolute atomic E-state index is 0.0167. The molecule has 0 unspecified atom stereocenters. The maximum absolute atomic E-state index is 14.3. The molecule has 0 bridgehead atoms. The minimum Gasteiger partial charge on any atom is -0.461 e. The van der Waals surface area contributed by atoms with E-state index in [9.17, 15) is 14.0 Å². The molecule has 2 atom stereocenters. The fourth-order valence-corrected chi connectivity index (χ4v) is 4.01. The second kappa shape index (κ2) is 13.6. The van der Waals surface area contributed by atoms with Crippen molar-refractivity contribution in [1.29, 1.82) is 0 Å².